The third-order valence-electron chi connectivity index (χ3n) is 6.31. The van der Waals surface area contributed by atoms with Crippen LogP contribution in [0.5, 0.6) is 5.75 Å². The van der Waals surface area contributed by atoms with E-state index in [0.717, 1.165) is 27.5 Å². The van der Waals surface area contributed by atoms with Crippen molar-refractivity contribution in [2.45, 2.75) is 52.2 Å². The minimum absolute atomic E-state index is 0.173. The van der Waals surface area contributed by atoms with E-state index in [-0.39, 0.29) is 18.4 Å². The van der Waals surface area contributed by atoms with Crippen molar-refractivity contribution in [2.24, 2.45) is 0 Å². The Morgan fingerprint density at radius 2 is 1.50 bits per heavy atom. The highest BCUT2D eigenvalue weighted by atomic mass is 16.5. The lowest BCUT2D eigenvalue weighted by molar-refractivity contribution is -0.143. The fraction of sp³-hybridized carbons (Fsp3) is 0.273. The SMILES string of the molecule is Cc1cccc(CN(C(=O)COc2cccc3ccccc23)[C@@H](Cc2ccccc2)C(=O)NC(C)(C)C)c1. The summed E-state index contributed by atoms with van der Waals surface area (Å²) in [6.07, 6.45) is 0.397. The minimum Gasteiger partial charge on any atom is -0.483 e. The second kappa shape index (κ2) is 12.0. The van der Waals surface area contributed by atoms with Crippen molar-refractivity contribution < 1.29 is 14.3 Å². The Balaban J connectivity index is 1.66. The van der Waals surface area contributed by atoms with Gasteiger partial charge in [0.25, 0.3) is 5.91 Å². The van der Waals surface area contributed by atoms with Crippen LogP contribution in [0.15, 0.2) is 97.1 Å². The van der Waals surface area contributed by atoms with E-state index in [0.29, 0.717) is 18.7 Å². The first kappa shape index (κ1) is 26.9. The van der Waals surface area contributed by atoms with Crippen LogP contribution in [-0.2, 0) is 22.6 Å². The third-order valence-corrected chi connectivity index (χ3v) is 6.31. The number of carbonyl (C=O) groups excluding carboxylic acids is 2. The van der Waals surface area contributed by atoms with Gasteiger partial charge in [0.2, 0.25) is 5.91 Å². The maximum Gasteiger partial charge on any atom is 0.261 e. The van der Waals surface area contributed by atoms with E-state index in [4.69, 9.17) is 4.74 Å². The van der Waals surface area contributed by atoms with Gasteiger partial charge in [-0.2, -0.15) is 0 Å². The van der Waals surface area contributed by atoms with Crippen LogP contribution in [0.2, 0.25) is 0 Å². The standard InChI is InChI=1S/C33H36N2O3/c1-24-12-10-15-26(20-24)22-35(29(32(37)34-33(2,3)4)21-25-13-6-5-7-14-25)31(36)23-38-30-19-11-17-27-16-8-9-18-28(27)30/h5-20,29H,21-23H2,1-4H3,(H,34,37)/t29-/m0/s1. The van der Waals surface area contributed by atoms with Gasteiger partial charge in [0.05, 0.1) is 0 Å². The Bertz CT molecular complexity index is 1390. The molecule has 38 heavy (non-hydrogen) atoms. The molecule has 0 aliphatic heterocycles. The number of rotatable bonds is 9. The quantitative estimate of drug-likeness (QED) is 0.298. The molecule has 0 saturated heterocycles. The summed E-state index contributed by atoms with van der Waals surface area (Å²) < 4.78 is 6.08. The third kappa shape index (κ3) is 7.22. The first-order valence-electron chi connectivity index (χ1n) is 13.0. The molecule has 0 saturated carbocycles. The number of nitrogens with one attached hydrogen (secondary N) is 1. The van der Waals surface area contributed by atoms with Gasteiger partial charge in [-0.1, -0.05) is 96.6 Å². The molecule has 1 N–H and O–H groups in total. The molecule has 0 aliphatic rings. The van der Waals surface area contributed by atoms with Crippen LogP contribution in [0, 0.1) is 6.92 Å². The lowest BCUT2D eigenvalue weighted by Crippen LogP contribution is -2.55. The van der Waals surface area contributed by atoms with Gasteiger partial charge in [0.15, 0.2) is 6.61 Å². The first-order valence-corrected chi connectivity index (χ1v) is 13.0. The first-order chi connectivity index (χ1) is 18.2. The summed E-state index contributed by atoms with van der Waals surface area (Å²) in [6, 6.07) is 30.9. The van der Waals surface area contributed by atoms with Crippen molar-refractivity contribution in [1.29, 1.82) is 0 Å². The smallest absolute Gasteiger partial charge is 0.261 e. The second-order valence-corrected chi connectivity index (χ2v) is 10.7. The van der Waals surface area contributed by atoms with Crippen molar-refractivity contribution in [1.82, 2.24) is 10.2 Å². The summed E-state index contributed by atoms with van der Waals surface area (Å²) in [5, 5.41) is 5.08. The van der Waals surface area contributed by atoms with E-state index in [2.05, 4.69) is 5.32 Å². The average Bonchev–Trinajstić information content (AvgIpc) is 2.89. The van der Waals surface area contributed by atoms with Crippen molar-refractivity contribution in [3.63, 3.8) is 0 Å². The van der Waals surface area contributed by atoms with Crippen molar-refractivity contribution in [2.75, 3.05) is 6.61 Å². The normalized spacial score (nSPS) is 12.1. The Hall–Kier alpha value is -4.12. The van der Waals surface area contributed by atoms with E-state index < -0.39 is 11.6 Å². The molecule has 1 atom stereocenters. The Morgan fingerprint density at radius 3 is 2.24 bits per heavy atom. The Morgan fingerprint density at radius 1 is 0.842 bits per heavy atom. The highest BCUT2D eigenvalue weighted by Gasteiger charge is 2.32. The van der Waals surface area contributed by atoms with Crippen LogP contribution in [-0.4, -0.2) is 34.9 Å². The van der Waals surface area contributed by atoms with E-state index in [1.54, 1.807) is 4.90 Å². The summed E-state index contributed by atoms with van der Waals surface area (Å²) in [7, 11) is 0. The maximum absolute atomic E-state index is 13.9. The topological polar surface area (TPSA) is 58.6 Å². The van der Waals surface area contributed by atoms with Gasteiger partial charge >= 0.3 is 0 Å². The number of fused-ring (bicyclic) bond motifs is 1. The van der Waals surface area contributed by atoms with E-state index in [9.17, 15) is 9.59 Å². The zero-order valence-electron chi connectivity index (χ0n) is 22.6. The molecule has 4 aromatic rings. The average molecular weight is 509 g/mol. The summed E-state index contributed by atoms with van der Waals surface area (Å²) in [5.74, 6) is 0.211. The molecule has 0 radical (unpaired) electrons. The summed E-state index contributed by atoms with van der Waals surface area (Å²) in [4.78, 5) is 29.2. The fourth-order valence-electron chi connectivity index (χ4n) is 4.56. The summed E-state index contributed by atoms with van der Waals surface area (Å²) in [5.41, 5.74) is 2.60. The predicted molar refractivity (Wildman–Crippen MR) is 153 cm³/mol. The number of nitrogens with zero attached hydrogens (tertiary/aromatic N) is 1. The number of ether oxygens (including phenoxy) is 1. The molecule has 4 rings (SSSR count). The van der Waals surface area contributed by atoms with Crippen LogP contribution in [0.4, 0.5) is 0 Å². The Kier molecular flexibility index (Phi) is 8.47. The molecular weight excluding hydrogens is 472 g/mol. The van der Waals surface area contributed by atoms with Crippen LogP contribution < -0.4 is 10.1 Å². The van der Waals surface area contributed by atoms with E-state index in [1.165, 1.54) is 0 Å². The van der Waals surface area contributed by atoms with Gasteiger partial charge in [0.1, 0.15) is 11.8 Å². The van der Waals surface area contributed by atoms with Crippen molar-refractivity contribution >= 4 is 22.6 Å². The second-order valence-electron chi connectivity index (χ2n) is 10.7. The number of carbonyl (C=O) groups is 2. The molecule has 0 unspecified atom stereocenters. The summed E-state index contributed by atoms with van der Waals surface area (Å²) >= 11 is 0. The number of hydrogen-bond donors (Lipinski definition) is 1. The predicted octanol–water partition coefficient (Wildman–Crippen LogP) is 6.08. The minimum atomic E-state index is -0.708. The maximum atomic E-state index is 13.9. The molecule has 2 amide bonds. The van der Waals surface area contributed by atoms with Gasteiger partial charge in [-0.15, -0.1) is 0 Å². The molecular formula is C33H36N2O3. The molecule has 5 nitrogen and oxygen atoms in total. The monoisotopic (exact) mass is 508 g/mol. The lowest BCUT2D eigenvalue weighted by Gasteiger charge is -2.34. The molecule has 196 valence electrons. The fourth-order valence-corrected chi connectivity index (χ4v) is 4.56. The zero-order chi connectivity index (χ0) is 27.1. The van der Waals surface area contributed by atoms with Crippen LogP contribution in [0.1, 0.15) is 37.5 Å². The molecule has 0 fully saturated rings. The van der Waals surface area contributed by atoms with Crippen LogP contribution in [0.25, 0.3) is 10.8 Å². The number of amides is 2. The summed E-state index contributed by atoms with van der Waals surface area (Å²) in [6.45, 7) is 7.98. The molecule has 4 aromatic carbocycles. The molecule has 0 heterocycles. The van der Waals surface area contributed by atoms with Crippen molar-refractivity contribution in [3.05, 3.63) is 114 Å². The van der Waals surface area contributed by atoms with Gasteiger partial charge in [-0.05, 0) is 50.3 Å². The molecule has 0 bridgehead atoms. The number of hydrogen-bond acceptors (Lipinski definition) is 3. The van der Waals surface area contributed by atoms with Gasteiger partial charge < -0.3 is 15.0 Å². The molecule has 0 spiro atoms. The lowest BCUT2D eigenvalue weighted by atomic mass is 10.0. The molecule has 0 aromatic heterocycles. The van der Waals surface area contributed by atoms with Crippen LogP contribution in [0.3, 0.4) is 0 Å². The van der Waals surface area contributed by atoms with Crippen molar-refractivity contribution in [3.8, 4) is 5.75 Å². The molecule has 0 aliphatic carbocycles. The van der Waals surface area contributed by atoms with Gasteiger partial charge in [-0.3, -0.25) is 9.59 Å². The van der Waals surface area contributed by atoms with Gasteiger partial charge in [-0.25, -0.2) is 0 Å². The zero-order valence-corrected chi connectivity index (χ0v) is 22.6. The van der Waals surface area contributed by atoms with Crippen LogP contribution >= 0.6 is 0 Å². The highest BCUT2D eigenvalue weighted by molar-refractivity contribution is 5.90. The number of benzene rings is 4. The highest BCUT2D eigenvalue weighted by Crippen LogP contribution is 2.25. The van der Waals surface area contributed by atoms with E-state index in [1.807, 2.05) is 125 Å². The molecule has 5 heteroatoms. The Labute approximate surface area is 225 Å². The van der Waals surface area contributed by atoms with E-state index >= 15 is 0 Å². The van der Waals surface area contributed by atoms with Gasteiger partial charge in [0, 0.05) is 23.9 Å². The number of aryl methyl sites for hydroxylation is 1. The largest absolute Gasteiger partial charge is 0.483 e.